The van der Waals surface area contributed by atoms with Gasteiger partial charge in [0.25, 0.3) is 0 Å². The van der Waals surface area contributed by atoms with Crippen molar-refractivity contribution in [1.29, 1.82) is 0 Å². The molecule has 1 radical (unpaired) electrons. The molecule has 15 heavy (non-hydrogen) atoms. The molecule has 0 N–H and O–H groups in total. The number of hydrogen-bond donors (Lipinski definition) is 0. The smallest absolute Gasteiger partial charge is 0.0132 e. The zero-order valence-corrected chi connectivity index (χ0v) is 9.40. The predicted molar refractivity (Wildman–Crippen MR) is 66.9 cm³/mol. The molecule has 0 saturated carbocycles. The highest BCUT2D eigenvalue weighted by molar-refractivity contribution is 5.86. The van der Waals surface area contributed by atoms with Crippen molar-refractivity contribution in [1.82, 2.24) is 0 Å². The fourth-order valence-corrected chi connectivity index (χ4v) is 1.93. The molecule has 0 heterocycles. The van der Waals surface area contributed by atoms with E-state index >= 15 is 0 Å². The van der Waals surface area contributed by atoms with Gasteiger partial charge in [-0.05, 0) is 35.1 Å². The molecule has 0 bridgehead atoms. The van der Waals surface area contributed by atoms with Crippen molar-refractivity contribution in [3.63, 3.8) is 0 Å². The third-order valence-electron chi connectivity index (χ3n) is 3.03. The van der Waals surface area contributed by atoms with E-state index in [1.54, 1.807) is 0 Å². The maximum Gasteiger partial charge on any atom is -0.0132 e. The fraction of sp³-hybridized carbons (Fsp3) is 0.267. The van der Waals surface area contributed by atoms with Gasteiger partial charge in [-0.2, -0.15) is 0 Å². The quantitative estimate of drug-likeness (QED) is 0.668. The van der Waals surface area contributed by atoms with Crippen LogP contribution in [0.5, 0.6) is 0 Å². The molecular formula is C15H17. The van der Waals surface area contributed by atoms with Crippen LogP contribution in [-0.2, 0) is 0 Å². The Morgan fingerprint density at radius 3 is 2.33 bits per heavy atom. The van der Waals surface area contributed by atoms with E-state index in [0.717, 1.165) is 0 Å². The van der Waals surface area contributed by atoms with Crippen molar-refractivity contribution in [2.24, 2.45) is 5.92 Å². The molecule has 2 aromatic rings. The molecule has 0 aliphatic heterocycles. The van der Waals surface area contributed by atoms with Crippen LogP contribution in [0.2, 0.25) is 0 Å². The topological polar surface area (TPSA) is 0 Å². The van der Waals surface area contributed by atoms with Gasteiger partial charge in [-0.1, -0.05) is 56.3 Å². The summed E-state index contributed by atoms with van der Waals surface area (Å²) < 4.78 is 0. The van der Waals surface area contributed by atoms with E-state index in [4.69, 9.17) is 0 Å². The van der Waals surface area contributed by atoms with E-state index in [1.807, 2.05) is 0 Å². The molecule has 0 amide bonds. The van der Waals surface area contributed by atoms with Crippen LogP contribution in [0.3, 0.4) is 0 Å². The largest absolute Gasteiger partial charge is 0.0622 e. The van der Waals surface area contributed by atoms with Crippen LogP contribution >= 0.6 is 0 Å². The zero-order chi connectivity index (χ0) is 10.8. The lowest BCUT2D eigenvalue weighted by Crippen LogP contribution is -2.02. The van der Waals surface area contributed by atoms with Crippen LogP contribution in [0.4, 0.5) is 0 Å². The van der Waals surface area contributed by atoms with E-state index in [0.29, 0.717) is 11.8 Å². The first-order chi connectivity index (χ1) is 7.20. The molecule has 77 valence electrons. The molecule has 2 rings (SSSR count). The minimum Gasteiger partial charge on any atom is -0.0622 e. The molecule has 0 aliphatic rings. The minimum absolute atomic E-state index is 0.371. The van der Waals surface area contributed by atoms with Crippen molar-refractivity contribution < 1.29 is 0 Å². The Labute approximate surface area is 91.9 Å². The Morgan fingerprint density at radius 1 is 0.933 bits per heavy atom. The summed E-state index contributed by atoms with van der Waals surface area (Å²) in [5.41, 5.74) is 1.36. The second-order valence-corrected chi connectivity index (χ2v) is 4.42. The average Bonchev–Trinajstić information content (AvgIpc) is 2.27. The Kier molecular flexibility index (Phi) is 2.77. The zero-order valence-electron chi connectivity index (χ0n) is 9.40. The standard InChI is InChI=1S/C15H17/c1-11(2)12(3)14-10-6-8-13-7-4-5-9-15(13)14/h4-12H,3H2,1-2H3. The second kappa shape index (κ2) is 4.06. The molecule has 0 fully saturated rings. The minimum atomic E-state index is 0.371. The maximum absolute atomic E-state index is 4.26. The lowest BCUT2D eigenvalue weighted by atomic mass is 9.87. The van der Waals surface area contributed by atoms with Crippen LogP contribution in [0.15, 0.2) is 42.5 Å². The van der Waals surface area contributed by atoms with Crippen molar-refractivity contribution in [2.75, 3.05) is 0 Å². The molecule has 1 atom stereocenters. The average molecular weight is 197 g/mol. The van der Waals surface area contributed by atoms with Crippen LogP contribution in [-0.4, -0.2) is 0 Å². The van der Waals surface area contributed by atoms with Gasteiger partial charge in [0.05, 0.1) is 0 Å². The van der Waals surface area contributed by atoms with E-state index in [9.17, 15) is 0 Å². The van der Waals surface area contributed by atoms with Gasteiger partial charge in [0.15, 0.2) is 0 Å². The summed E-state index contributed by atoms with van der Waals surface area (Å²) in [6.07, 6.45) is 0. The third-order valence-corrected chi connectivity index (χ3v) is 3.03. The molecule has 0 aromatic heterocycles. The molecule has 0 aliphatic carbocycles. The molecule has 2 aromatic carbocycles. The maximum atomic E-state index is 4.26. The van der Waals surface area contributed by atoms with Crippen LogP contribution in [0.1, 0.15) is 25.3 Å². The van der Waals surface area contributed by atoms with Gasteiger partial charge in [-0.15, -0.1) is 0 Å². The summed E-state index contributed by atoms with van der Waals surface area (Å²) in [4.78, 5) is 0. The summed E-state index contributed by atoms with van der Waals surface area (Å²) >= 11 is 0. The third kappa shape index (κ3) is 1.90. The van der Waals surface area contributed by atoms with Gasteiger partial charge in [-0.25, -0.2) is 0 Å². The highest BCUT2D eigenvalue weighted by Crippen LogP contribution is 2.29. The van der Waals surface area contributed by atoms with Crippen molar-refractivity contribution >= 4 is 10.8 Å². The number of hydrogen-bond acceptors (Lipinski definition) is 0. The Hall–Kier alpha value is -1.30. The summed E-state index contributed by atoms with van der Waals surface area (Å²) in [6.45, 7) is 8.70. The summed E-state index contributed by atoms with van der Waals surface area (Å²) in [6, 6.07) is 15.0. The first-order valence-corrected chi connectivity index (χ1v) is 5.51. The van der Waals surface area contributed by atoms with Gasteiger partial charge in [-0.3, -0.25) is 0 Å². The second-order valence-electron chi connectivity index (χ2n) is 4.42. The highest BCUT2D eigenvalue weighted by Gasteiger charge is 2.12. The number of rotatable bonds is 2. The monoisotopic (exact) mass is 197 g/mol. The van der Waals surface area contributed by atoms with Gasteiger partial charge in [0.2, 0.25) is 0 Å². The van der Waals surface area contributed by atoms with E-state index in [-0.39, 0.29) is 0 Å². The lowest BCUT2D eigenvalue weighted by molar-refractivity contribution is 0.578. The van der Waals surface area contributed by atoms with Crippen molar-refractivity contribution in [3.8, 4) is 0 Å². The molecule has 0 saturated heterocycles. The van der Waals surface area contributed by atoms with E-state index < -0.39 is 0 Å². The van der Waals surface area contributed by atoms with Gasteiger partial charge < -0.3 is 0 Å². The molecule has 0 spiro atoms. The molecule has 0 heteroatoms. The summed E-state index contributed by atoms with van der Waals surface area (Å²) in [5, 5.41) is 2.65. The highest BCUT2D eigenvalue weighted by atomic mass is 14.2. The van der Waals surface area contributed by atoms with Crippen molar-refractivity contribution in [3.05, 3.63) is 55.0 Å². The summed E-state index contributed by atoms with van der Waals surface area (Å²) in [7, 11) is 0. The van der Waals surface area contributed by atoms with E-state index in [1.165, 1.54) is 16.3 Å². The van der Waals surface area contributed by atoms with Gasteiger partial charge >= 0.3 is 0 Å². The Balaban J connectivity index is 2.60. The molecule has 1 unspecified atom stereocenters. The first kappa shape index (κ1) is 10.2. The SMILES string of the molecule is [CH2]C(c1cccc2ccccc12)C(C)C. The van der Waals surface area contributed by atoms with Crippen molar-refractivity contribution in [2.45, 2.75) is 19.8 Å². The van der Waals surface area contributed by atoms with Crippen LogP contribution < -0.4 is 0 Å². The first-order valence-electron chi connectivity index (χ1n) is 5.51. The number of benzene rings is 2. The van der Waals surface area contributed by atoms with Gasteiger partial charge in [0.1, 0.15) is 0 Å². The Morgan fingerprint density at radius 2 is 1.60 bits per heavy atom. The fourth-order valence-electron chi connectivity index (χ4n) is 1.93. The van der Waals surface area contributed by atoms with E-state index in [2.05, 4.69) is 63.2 Å². The van der Waals surface area contributed by atoms with Gasteiger partial charge in [0, 0.05) is 0 Å². The molecular weight excluding hydrogens is 180 g/mol. The number of fused-ring (bicyclic) bond motifs is 1. The lowest BCUT2D eigenvalue weighted by Gasteiger charge is -2.17. The van der Waals surface area contributed by atoms with Crippen LogP contribution in [0.25, 0.3) is 10.8 Å². The summed E-state index contributed by atoms with van der Waals surface area (Å²) in [5.74, 6) is 0.951. The molecule has 0 nitrogen and oxygen atoms in total. The van der Waals surface area contributed by atoms with Crippen LogP contribution in [0, 0.1) is 12.8 Å². The normalized spacial score (nSPS) is 13.3. The Bertz CT molecular complexity index is 449. The predicted octanol–water partition coefficient (Wildman–Crippen LogP) is 4.41.